The molecule has 0 atom stereocenters. The first-order valence-corrected chi connectivity index (χ1v) is 5.37. The molecule has 0 bridgehead atoms. The van der Waals surface area contributed by atoms with E-state index < -0.39 is 0 Å². The van der Waals surface area contributed by atoms with E-state index in [1.165, 1.54) is 6.08 Å². The number of hydrogen-bond acceptors (Lipinski definition) is 3. The molecule has 1 aromatic rings. The van der Waals surface area contributed by atoms with Crippen LogP contribution in [0.2, 0.25) is 5.02 Å². The van der Waals surface area contributed by atoms with Crippen LogP contribution in [-0.2, 0) is 11.3 Å². The fraction of sp³-hybridized carbons (Fsp3) is 0.417. The number of methoxy groups -OCH3 is 1. The quantitative estimate of drug-likeness (QED) is 0.597. The molecule has 0 aliphatic rings. The second-order valence-corrected chi connectivity index (χ2v) is 4.15. The molecule has 0 radical (unpaired) electrons. The summed E-state index contributed by atoms with van der Waals surface area (Å²) in [6, 6.07) is 3.68. The molecule has 86 valence electrons. The summed E-state index contributed by atoms with van der Waals surface area (Å²) >= 11 is 6.14. The van der Waals surface area contributed by atoms with Crippen LogP contribution in [0.25, 0.3) is 0 Å². The van der Waals surface area contributed by atoms with Crippen molar-refractivity contribution in [2.24, 2.45) is 4.99 Å². The number of nitrogens with zero attached hydrogens (tertiary/aromatic N) is 1. The molecular formula is C12H14ClNO2. The van der Waals surface area contributed by atoms with Crippen LogP contribution in [0, 0.1) is 0 Å². The van der Waals surface area contributed by atoms with Crippen molar-refractivity contribution in [3.63, 3.8) is 0 Å². The lowest BCUT2D eigenvalue weighted by Crippen LogP contribution is -1.96. The number of hydrogen-bond donors (Lipinski definition) is 0. The molecule has 0 aliphatic heterocycles. The van der Waals surface area contributed by atoms with Crippen LogP contribution in [-0.4, -0.2) is 13.2 Å². The molecule has 0 N–H and O–H groups in total. The number of isocyanates is 1. The van der Waals surface area contributed by atoms with Gasteiger partial charge < -0.3 is 4.74 Å². The highest BCUT2D eigenvalue weighted by Gasteiger charge is 2.11. The summed E-state index contributed by atoms with van der Waals surface area (Å²) in [5, 5.41) is 0.673. The van der Waals surface area contributed by atoms with Crippen LogP contribution in [0.15, 0.2) is 17.1 Å². The monoisotopic (exact) mass is 239 g/mol. The molecule has 16 heavy (non-hydrogen) atoms. The van der Waals surface area contributed by atoms with Crippen molar-refractivity contribution in [3.05, 3.63) is 28.3 Å². The first kappa shape index (κ1) is 12.8. The lowest BCUT2D eigenvalue weighted by molar-refractivity contribution is 0.409. The van der Waals surface area contributed by atoms with E-state index in [1.807, 2.05) is 6.07 Å². The van der Waals surface area contributed by atoms with Crippen molar-refractivity contribution in [1.29, 1.82) is 0 Å². The van der Waals surface area contributed by atoms with Gasteiger partial charge in [-0.1, -0.05) is 25.4 Å². The summed E-state index contributed by atoms with van der Waals surface area (Å²) in [5.41, 5.74) is 1.82. The highest BCUT2D eigenvalue weighted by molar-refractivity contribution is 6.31. The molecule has 1 aromatic carbocycles. The van der Waals surface area contributed by atoms with Gasteiger partial charge in [0.2, 0.25) is 6.08 Å². The summed E-state index contributed by atoms with van der Waals surface area (Å²) < 4.78 is 5.24. The van der Waals surface area contributed by atoms with Gasteiger partial charge in [-0.2, -0.15) is 0 Å². The molecule has 0 saturated heterocycles. The van der Waals surface area contributed by atoms with E-state index in [1.54, 1.807) is 13.2 Å². The standard InChI is InChI=1S/C12H14ClNO2/c1-8(2)10-5-12(16-3)9(4-11(10)13)6-14-7-15/h4-5,8H,6H2,1-3H3. The Morgan fingerprint density at radius 2 is 2.19 bits per heavy atom. The van der Waals surface area contributed by atoms with Gasteiger partial charge in [0.15, 0.2) is 0 Å². The molecule has 0 aromatic heterocycles. The summed E-state index contributed by atoms with van der Waals surface area (Å²) in [7, 11) is 1.58. The van der Waals surface area contributed by atoms with Gasteiger partial charge in [0.25, 0.3) is 0 Å². The average Bonchev–Trinajstić information content (AvgIpc) is 2.25. The third kappa shape index (κ3) is 2.84. The van der Waals surface area contributed by atoms with E-state index >= 15 is 0 Å². The van der Waals surface area contributed by atoms with Gasteiger partial charge in [-0.15, -0.1) is 0 Å². The summed E-state index contributed by atoms with van der Waals surface area (Å²) in [4.78, 5) is 13.6. The zero-order chi connectivity index (χ0) is 12.1. The third-order valence-corrected chi connectivity index (χ3v) is 2.66. The Morgan fingerprint density at radius 3 is 2.69 bits per heavy atom. The van der Waals surface area contributed by atoms with E-state index in [9.17, 15) is 4.79 Å². The molecule has 3 nitrogen and oxygen atoms in total. The van der Waals surface area contributed by atoms with Crippen molar-refractivity contribution in [1.82, 2.24) is 0 Å². The van der Waals surface area contributed by atoms with Crippen LogP contribution >= 0.6 is 11.6 Å². The number of aliphatic imine (C=N–C) groups is 1. The zero-order valence-electron chi connectivity index (χ0n) is 9.58. The average molecular weight is 240 g/mol. The van der Waals surface area contributed by atoms with Gasteiger partial charge in [0.05, 0.1) is 13.7 Å². The van der Waals surface area contributed by atoms with E-state index in [-0.39, 0.29) is 6.54 Å². The van der Waals surface area contributed by atoms with E-state index in [0.717, 1.165) is 11.1 Å². The molecule has 0 heterocycles. The maximum Gasteiger partial charge on any atom is 0.235 e. The minimum absolute atomic E-state index is 0.241. The largest absolute Gasteiger partial charge is 0.496 e. The first-order valence-electron chi connectivity index (χ1n) is 5.00. The highest BCUT2D eigenvalue weighted by atomic mass is 35.5. The summed E-state index contributed by atoms with van der Waals surface area (Å²) in [6.45, 7) is 4.36. The van der Waals surface area contributed by atoms with Gasteiger partial charge in [-0.05, 0) is 23.6 Å². The van der Waals surface area contributed by atoms with Crippen molar-refractivity contribution >= 4 is 17.7 Å². The lowest BCUT2D eigenvalue weighted by atomic mass is 10.0. The van der Waals surface area contributed by atoms with Crippen LogP contribution in [0.1, 0.15) is 30.9 Å². The van der Waals surface area contributed by atoms with Gasteiger partial charge in [0.1, 0.15) is 5.75 Å². The van der Waals surface area contributed by atoms with Crippen LogP contribution in [0.4, 0.5) is 0 Å². The number of rotatable bonds is 4. The van der Waals surface area contributed by atoms with Crippen LogP contribution < -0.4 is 4.74 Å². The van der Waals surface area contributed by atoms with Crippen LogP contribution in [0.5, 0.6) is 5.75 Å². The normalized spacial score (nSPS) is 10.1. The molecular weight excluding hydrogens is 226 g/mol. The Hall–Kier alpha value is -1.31. The van der Waals surface area contributed by atoms with Gasteiger partial charge in [-0.3, -0.25) is 0 Å². The SMILES string of the molecule is COc1cc(C(C)C)c(Cl)cc1CN=C=O. The minimum atomic E-state index is 0.241. The van der Waals surface area contributed by atoms with Gasteiger partial charge in [-0.25, -0.2) is 9.79 Å². The van der Waals surface area contributed by atoms with E-state index in [0.29, 0.717) is 16.7 Å². The second-order valence-electron chi connectivity index (χ2n) is 3.75. The molecule has 4 heteroatoms. The fourth-order valence-electron chi connectivity index (χ4n) is 1.48. The Bertz CT molecular complexity index is 423. The Morgan fingerprint density at radius 1 is 1.50 bits per heavy atom. The Labute approximate surface area is 100 Å². The van der Waals surface area contributed by atoms with Crippen molar-refractivity contribution < 1.29 is 9.53 Å². The maximum absolute atomic E-state index is 10.1. The maximum atomic E-state index is 10.1. The Balaban J connectivity index is 3.20. The number of benzene rings is 1. The van der Waals surface area contributed by atoms with Gasteiger partial charge in [0, 0.05) is 10.6 Å². The predicted molar refractivity (Wildman–Crippen MR) is 63.9 cm³/mol. The molecule has 0 amide bonds. The second kappa shape index (κ2) is 5.69. The Kier molecular flexibility index (Phi) is 4.53. The molecule has 1 rings (SSSR count). The molecule has 0 saturated carbocycles. The minimum Gasteiger partial charge on any atom is -0.496 e. The molecule has 0 unspecified atom stereocenters. The smallest absolute Gasteiger partial charge is 0.235 e. The van der Waals surface area contributed by atoms with E-state index in [2.05, 4.69) is 18.8 Å². The van der Waals surface area contributed by atoms with Crippen molar-refractivity contribution in [2.75, 3.05) is 7.11 Å². The van der Waals surface area contributed by atoms with Gasteiger partial charge >= 0.3 is 0 Å². The first-order chi connectivity index (χ1) is 7.60. The molecule has 0 aliphatic carbocycles. The molecule has 0 spiro atoms. The van der Waals surface area contributed by atoms with E-state index in [4.69, 9.17) is 16.3 Å². The third-order valence-electron chi connectivity index (χ3n) is 2.34. The highest BCUT2D eigenvalue weighted by Crippen LogP contribution is 2.31. The predicted octanol–water partition coefficient (Wildman–Crippen LogP) is 3.31. The number of ether oxygens (including phenoxy) is 1. The van der Waals surface area contributed by atoms with Crippen molar-refractivity contribution in [2.45, 2.75) is 26.3 Å². The summed E-state index contributed by atoms with van der Waals surface area (Å²) in [5.74, 6) is 1.03. The van der Waals surface area contributed by atoms with Crippen molar-refractivity contribution in [3.8, 4) is 5.75 Å². The number of halogens is 1. The topological polar surface area (TPSA) is 38.7 Å². The molecule has 0 fully saturated rings. The lowest BCUT2D eigenvalue weighted by Gasteiger charge is -2.13. The number of carbonyl (C=O) groups excluding carboxylic acids is 1. The van der Waals surface area contributed by atoms with Crippen LogP contribution in [0.3, 0.4) is 0 Å². The fourth-order valence-corrected chi connectivity index (χ4v) is 1.89. The zero-order valence-corrected chi connectivity index (χ0v) is 10.3. The summed E-state index contributed by atoms with van der Waals surface area (Å²) in [6.07, 6.45) is 1.50.